The molecule has 98 valence electrons. The Labute approximate surface area is 108 Å². The van der Waals surface area contributed by atoms with Crippen molar-refractivity contribution in [1.29, 1.82) is 0 Å². The van der Waals surface area contributed by atoms with E-state index in [1.165, 1.54) is 12.5 Å². The van der Waals surface area contributed by atoms with Gasteiger partial charge in [0.25, 0.3) is 5.56 Å². The average Bonchev–Trinajstić information content (AvgIpc) is 2.23. The van der Waals surface area contributed by atoms with E-state index < -0.39 is 0 Å². The van der Waals surface area contributed by atoms with E-state index in [9.17, 15) is 4.79 Å². The van der Waals surface area contributed by atoms with E-state index in [-0.39, 0.29) is 5.56 Å². The van der Waals surface area contributed by atoms with Gasteiger partial charge in [0.15, 0.2) is 0 Å². The van der Waals surface area contributed by atoms with E-state index >= 15 is 0 Å². The summed E-state index contributed by atoms with van der Waals surface area (Å²) in [7, 11) is 0. The first-order chi connectivity index (χ1) is 8.52. The standard InChI is InChI=1S/C14H21N3O/c1-10-6-11(2)9-17(8-10)5-4-13-7-14(18)16-12(3)15-13/h4-5,7,10-11H,6,8-9H2,1-3H3,(H,15,16,18)/b5-4+. The number of hydrogen-bond acceptors (Lipinski definition) is 3. The molecule has 4 heteroatoms. The number of rotatable bonds is 2. The second kappa shape index (κ2) is 5.38. The van der Waals surface area contributed by atoms with Crippen molar-refractivity contribution >= 4 is 6.08 Å². The van der Waals surface area contributed by atoms with Crippen LogP contribution in [0.2, 0.25) is 0 Å². The van der Waals surface area contributed by atoms with Crippen LogP contribution in [0.3, 0.4) is 0 Å². The number of piperidine rings is 1. The summed E-state index contributed by atoms with van der Waals surface area (Å²) in [4.78, 5) is 20.6. The van der Waals surface area contributed by atoms with Gasteiger partial charge in [0, 0.05) is 25.4 Å². The fraction of sp³-hybridized carbons (Fsp3) is 0.571. The van der Waals surface area contributed by atoms with E-state index in [0.717, 1.165) is 30.6 Å². The molecular formula is C14H21N3O. The molecule has 1 aliphatic heterocycles. The molecular weight excluding hydrogens is 226 g/mol. The molecule has 1 N–H and O–H groups in total. The fourth-order valence-corrected chi connectivity index (χ4v) is 2.70. The average molecular weight is 247 g/mol. The minimum absolute atomic E-state index is 0.0949. The van der Waals surface area contributed by atoms with E-state index in [1.807, 2.05) is 6.08 Å². The molecule has 1 fully saturated rings. The van der Waals surface area contributed by atoms with Crippen LogP contribution in [0.15, 0.2) is 17.1 Å². The van der Waals surface area contributed by atoms with Crippen LogP contribution in [0.25, 0.3) is 6.08 Å². The number of nitrogens with zero attached hydrogens (tertiary/aromatic N) is 2. The highest BCUT2D eigenvalue weighted by atomic mass is 16.1. The van der Waals surface area contributed by atoms with Crippen LogP contribution in [-0.2, 0) is 0 Å². The fourth-order valence-electron chi connectivity index (χ4n) is 2.70. The highest BCUT2D eigenvalue weighted by Gasteiger charge is 2.19. The SMILES string of the molecule is Cc1nc(/C=C/N2CC(C)CC(C)C2)cc(=O)[nH]1. The Morgan fingerprint density at radius 3 is 2.67 bits per heavy atom. The number of nitrogens with one attached hydrogen (secondary N) is 1. The second-order valence-electron chi connectivity index (χ2n) is 5.47. The maximum Gasteiger partial charge on any atom is 0.251 e. The summed E-state index contributed by atoms with van der Waals surface area (Å²) in [5.41, 5.74) is 0.629. The Bertz CT molecular complexity index is 482. The first kappa shape index (κ1) is 12.9. The van der Waals surface area contributed by atoms with E-state index in [2.05, 4.69) is 34.9 Å². The normalized spacial score (nSPS) is 24.7. The monoisotopic (exact) mass is 247 g/mol. The summed E-state index contributed by atoms with van der Waals surface area (Å²) in [6.07, 6.45) is 5.28. The van der Waals surface area contributed by atoms with Gasteiger partial charge in [-0.3, -0.25) is 4.79 Å². The molecule has 0 bridgehead atoms. The van der Waals surface area contributed by atoms with Crippen molar-refractivity contribution in [2.75, 3.05) is 13.1 Å². The minimum Gasteiger partial charge on any atom is -0.377 e. The quantitative estimate of drug-likeness (QED) is 0.870. The van der Waals surface area contributed by atoms with Crippen LogP contribution in [0, 0.1) is 18.8 Å². The lowest BCUT2D eigenvalue weighted by Gasteiger charge is -2.34. The molecule has 2 atom stereocenters. The smallest absolute Gasteiger partial charge is 0.251 e. The molecule has 1 aliphatic rings. The van der Waals surface area contributed by atoms with Crippen molar-refractivity contribution < 1.29 is 0 Å². The molecule has 0 spiro atoms. The number of hydrogen-bond donors (Lipinski definition) is 1. The molecule has 1 aromatic heterocycles. The van der Waals surface area contributed by atoms with E-state index in [4.69, 9.17) is 0 Å². The van der Waals surface area contributed by atoms with Crippen molar-refractivity contribution in [2.24, 2.45) is 11.8 Å². The molecule has 18 heavy (non-hydrogen) atoms. The van der Waals surface area contributed by atoms with Crippen molar-refractivity contribution in [3.8, 4) is 0 Å². The summed E-state index contributed by atoms with van der Waals surface area (Å²) >= 11 is 0. The summed E-state index contributed by atoms with van der Waals surface area (Å²) < 4.78 is 0. The molecule has 0 saturated carbocycles. The summed E-state index contributed by atoms with van der Waals surface area (Å²) in [6.45, 7) is 8.54. The molecule has 1 aromatic rings. The van der Waals surface area contributed by atoms with Gasteiger partial charge in [-0.15, -0.1) is 0 Å². The third-order valence-corrected chi connectivity index (χ3v) is 3.23. The second-order valence-corrected chi connectivity index (χ2v) is 5.47. The van der Waals surface area contributed by atoms with Gasteiger partial charge in [-0.1, -0.05) is 13.8 Å². The topological polar surface area (TPSA) is 49.0 Å². The summed E-state index contributed by atoms with van der Waals surface area (Å²) in [5.74, 6) is 2.11. The molecule has 0 radical (unpaired) electrons. The molecule has 0 amide bonds. The zero-order valence-corrected chi connectivity index (χ0v) is 11.3. The first-order valence-electron chi connectivity index (χ1n) is 6.53. The maximum atomic E-state index is 11.3. The molecule has 4 nitrogen and oxygen atoms in total. The lowest BCUT2D eigenvalue weighted by molar-refractivity contribution is 0.193. The van der Waals surface area contributed by atoms with Gasteiger partial charge in [-0.05, 0) is 31.3 Å². The first-order valence-corrected chi connectivity index (χ1v) is 6.53. The molecule has 2 heterocycles. The predicted molar refractivity (Wildman–Crippen MR) is 73.1 cm³/mol. The van der Waals surface area contributed by atoms with Crippen LogP contribution in [-0.4, -0.2) is 28.0 Å². The Balaban J connectivity index is 2.08. The number of aryl methyl sites for hydroxylation is 1. The van der Waals surface area contributed by atoms with Crippen molar-refractivity contribution in [1.82, 2.24) is 14.9 Å². The molecule has 2 unspecified atom stereocenters. The van der Waals surface area contributed by atoms with Crippen LogP contribution in [0.1, 0.15) is 31.8 Å². The Morgan fingerprint density at radius 2 is 2.06 bits per heavy atom. The van der Waals surface area contributed by atoms with Crippen molar-refractivity contribution in [2.45, 2.75) is 27.2 Å². The van der Waals surface area contributed by atoms with E-state index in [1.54, 1.807) is 6.92 Å². The lowest BCUT2D eigenvalue weighted by atomic mass is 9.92. The molecule has 0 aliphatic carbocycles. The molecule has 0 aromatic carbocycles. The number of likely N-dealkylation sites (tertiary alicyclic amines) is 1. The van der Waals surface area contributed by atoms with Crippen molar-refractivity contribution in [3.05, 3.63) is 34.1 Å². The third-order valence-electron chi connectivity index (χ3n) is 3.23. The number of aromatic nitrogens is 2. The van der Waals surface area contributed by atoms with Gasteiger partial charge in [-0.25, -0.2) is 4.98 Å². The Hall–Kier alpha value is -1.58. The number of H-pyrrole nitrogens is 1. The number of aromatic amines is 1. The van der Waals surface area contributed by atoms with Gasteiger partial charge in [0.1, 0.15) is 5.82 Å². The minimum atomic E-state index is -0.0949. The van der Waals surface area contributed by atoms with Crippen molar-refractivity contribution in [3.63, 3.8) is 0 Å². The van der Waals surface area contributed by atoms with Gasteiger partial charge >= 0.3 is 0 Å². The molecule has 1 saturated heterocycles. The molecule has 2 rings (SSSR count). The largest absolute Gasteiger partial charge is 0.377 e. The maximum absolute atomic E-state index is 11.3. The van der Waals surface area contributed by atoms with E-state index in [0.29, 0.717) is 5.82 Å². The Morgan fingerprint density at radius 1 is 1.39 bits per heavy atom. The Kier molecular flexibility index (Phi) is 3.84. The summed E-state index contributed by atoms with van der Waals surface area (Å²) in [5, 5.41) is 0. The van der Waals surface area contributed by atoms with Gasteiger partial charge in [0.2, 0.25) is 0 Å². The van der Waals surface area contributed by atoms with Gasteiger partial charge in [0.05, 0.1) is 5.69 Å². The lowest BCUT2D eigenvalue weighted by Crippen LogP contribution is -2.34. The zero-order chi connectivity index (χ0) is 13.1. The van der Waals surface area contributed by atoms with Crippen LogP contribution >= 0.6 is 0 Å². The van der Waals surface area contributed by atoms with Crippen LogP contribution in [0.4, 0.5) is 0 Å². The van der Waals surface area contributed by atoms with Crippen LogP contribution < -0.4 is 5.56 Å². The zero-order valence-electron chi connectivity index (χ0n) is 11.3. The highest BCUT2D eigenvalue weighted by Crippen LogP contribution is 2.21. The predicted octanol–water partition coefficient (Wildman–Crippen LogP) is 2.03. The highest BCUT2D eigenvalue weighted by molar-refractivity contribution is 5.43. The third kappa shape index (κ3) is 3.45. The van der Waals surface area contributed by atoms with Gasteiger partial charge in [-0.2, -0.15) is 0 Å². The van der Waals surface area contributed by atoms with Crippen LogP contribution in [0.5, 0.6) is 0 Å². The van der Waals surface area contributed by atoms with Gasteiger partial charge < -0.3 is 9.88 Å². The summed E-state index contributed by atoms with van der Waals surface area (Å²) in [6, 6.07) is 1.53.